The Bertz CT molecular complexity index is 488. The van der Waals surface area contributed by atoms with Crippen molar-refractivity contribution in [2.24, 2.45) is 5.92 Å². The summed E-state index contributed by atoms with van der Waals surface area (Å²) in [6.07, 6.45) is 18.8. The number of unbranched alkanes of at least 4 members (excludes halogenated alkanes) is 14. The molecule has 3 N–H and O–H groups in total. The molecular formula is C30H61NO5. The molecule has 0 fully saturated rings. The van der Waals surface area contributed by atoms with Crippen LogP contribution in [-0.2, 0) is 4.74 Å². The summed E-state index contributed by atoms with van der Waals surface area (Å²) in [5, 5.41) is 30.8. The number of hydrogen-bond donors (Lipinski definition) is 3. The Morgan fingerprint density at radius 3 is 1.58 bits per heavy atom. The number of hydrogen-bond acceptors (Lipinski definition) is 5. The standard InChI is InChI=1S/C30H61NO5/c1-5-8-10-11-12-13-14-15-16-17-18-19-20-21-23-28(33)29(34)24-31(26(4)32)30(35)36-25-27(7-3)22-9-6-2/h26-29,32-34H,5-25H2,1-4H3. The molecule has 0 aliphatic heterocycles. The molecule has 0 aliphatic rings. The van der Waals surface area contributed by atoms with Gasteiger partial charge in [0, 0.05) is 0 Å². The van der Waals surface area contributed by atoms with E-state index >= 15 is 0 Å². The van der Waals surface area contributed by atoms with Gasteiger partial charge in [0.2, 0.25) is 0 Å². The molecule has 36 heavy (non-hydrogen) atoms. The summed E-state index contributed by atoms with van der Waals surface area (Å²) < 4.78 is 5.42. The number of ether oxygens (including phenoxy) is 1. The van der Waals surface area contributed by atoms with Crippen molar-refractivity contribution in [3.8, 4) is 0 Å². The summed E-state index contributed by atoms with van der Waals surface area (Å²) in [5.74, 6) is 0.306. The van der Waals surface area contributed by atoms with Crippen LogP contribution in [0.2, 0.25) is 0 Å². The van der Waals surface area contributed by atoms with Crippen LogP contribution in [0.25, 0.3) is 0 Å². The molecule has 6 nitrogen and oxygen atoms in total. The molecule has 1 amide bonds. The summed E-state index contributed by atoms with van der Waals surface area (Å²) in [7, 11) is 0. The van der Waals surface area contributed by atoms with Gasteiger partial charge in [-0.1, -0.05) is 130 Å². The number of nitrogens with zero attached hydrogens (tertiary/aromatic N) is 1. The van der Waals surface area contributed by atoms with E-state index in [9.17, 15) is 20.1 Å². The molecule has 0 saturated carbocycles. The molecule has 216 valence electrons. The van der Waals surface area contributed by atoms with Crippen LogP contribution in [0.4, 0.5) is 4.79 Å². The summed E-state index contributed by atoms with van der Waals surface area (Å²) in [5.41, 5.74) is 0. The maximum Gasteiger partial charge on any atom is 0.411 e. The van der Waals surface area contributed by atoms with Gasteiger partial charge in [-0.3, -0.25) is 4.90 Å². The van der Waals surface area contributed by atoms with E-state index in [0.29, 0.717) is 18.9 Å². The molecule has 0 saturated heterocycles. The summed E-state index contributed by atoms with van der Waals surface area (Å²) >= 11 is 0. The van der Waals surface area contributed by atoms with Gasteiger partial charge in [0.25, 0.3) is 0 Å². The average molecular weight is 516 g/mol. The first-order chi connectivity index (χ1) is 17.4. The van der Waals surface area contributed by atoms with Gasteiger partial charge in [0.15, 0.2) is 0 Å². The lowest BCUT2D eigenvalue weighted by Gasteiger charge is -2.29. The normalized spacial score (nSPS) is 14.9. The fourth-order valence-electron chi connectivity index (χ4n) is 4.61. The van der Waals surface area contributed by atoms with Crippen molar-refractivity contribution in [3.05, 3.63) is 0 Å². The average Bonchev–Trinajstić information content (AvgIpc) is 2.86. The number of rotatable bonds is 25. The van der Waals surface area contributed by atoms with Crippen molar-refractivity contribution >= 4 is 6.09 Å². The third-order valence-electron chi connectivity index (χ3n) is 7.35. The number of aliphatic hydroxyl groups excluding tert-OH is 3. The van der Waals surface area contributed by atoms with Gasteiger partial charge in [-0.25, -0.2) is 4.79 Å². The van der Waals surface area contributed by atoms with Crippen LogP contribution in [-0.4, -0.2) is 57.9 Å². The lowest BCUT2D eigenvalue weighted by atomic mass is 10.0. The lowest BCUT2D eigenvalue weighted by molar-refractivity contribution is -0.0476. The molecule has 4 atom stereocenters. The summed E-state index contributed by atoms with van der Waals surface area (Å²) in [6, 6.07) is 0. The molecule has 0 bridgehead atoms. The molecule has 0 aliphatic carbocycles. The predicted octanol–water partition coefficient (Wildman–Crippen LogP) is 7.57. The van der Waals surface area contributed by atoms with Gasteiger partial charge in [-0.15, -0.1) is 0 Å². The zero-order valence-electron chi connectivity index (χ0n) is 24.3. The molecule has 0 heterocycles. The van der Waals surface area contributed by atoms with Gasteiger partial charge >= 0.3 is 6.09 Å². The number of carbonyl (C=O) groups excluding carboxylic acids is 1. The monoisotopic (exact) mass is 515 g/mol. The van der Waals surface area contributed by atoms with Gasteiger partial charge in [0.1, 0.15) is 6.23 Å². The van der Waals surface area contributed by atoms with Gasteiger partial charge in [-0.2, -0.15) is 0 Å². The molecule has 0 spiro atoms. The van der Waals surface area contributed by atoms with Gasteiger partial charge in [0.05, 0.1) is 25.4 Å². The molecule has 6 heteroatoms. The van der Waals surface area contributed by atoms with E-state index in [2.05, 4.69) is 20.8 Å². The third-order valence-corrected chi connectivity index (χ3v) is 7.35. The molecular weight excluding hydrogens is 454 g/mol. The topological polar surface area (TPSA) is 90.2 Å². The third kappa shape index (κ3) is 19.3. The van der Waals surface area contributed by atoms with Crippen molar-refractivity contribution in [2.75, 3.05) is 13.2 Å². The Hall–Kier alpha value is -0.850. The number of aliphatic hydroxyl groups is 3. The Morgan fingerprint density at radius 2 is 1.14 bits per heavy atom. The van der Waals surface area contributed by atoms with E-state index in [-0.39, 0.29) is 6.54 Å². The Balaban J connectivity index is 3.96. The van der Waals surface area contributed by atoms with Crippen LogP contribution in [0.15, 0.2) is 0 Å². The van der Waals surface area contributed by atoms with Crippen molar-refractivity contribution in [1.82, 2.24) is 4.90 Å². The van der Waals surface area contributed by atoms with Crippen molar-refractivity contribution in [1.29, 1.82) is 0 Å². The molecule has 0 aromatic heterocycles. The van der Waals surface area contributed by atoms with E-state index in [1.54, 1.807) is 0 Å². The van der Waals surface area contributed by atoms with E-state index in [0.717, 1.165) is 49.8 Å². The Labute approximate surface area is 223 Å². The fourth-order valence-corrected chi connectivity index (χ4v) is 4.61. The zero-order valence-corrected chi connectivity index (χ0v) is 24.3. The first kappa shape index (κ1) is 35.2. The van der Waals surface area contributed by atoms with Crippen molar-refractivity contribution in [2.45, 2.75) is 168 Å². The second kappa shape index (κ2) is 24.5. The molecule has 0 aromatic rings. The smallest absolute Gasteiger partial charge is 0.411 e. The van der Waals surface area contributed by atoms with E-state index in [1.807, 2.05) is 0 Å². The van der Waals surface area contributed by atoms with Crippen LogP contribution in [0, 0.1) is 5.92 Å². The Kier molecular flexibility index (Phi) is 23.9. The van der Waals surface area contributed by atoms with E-state index in [4.69, 9.17) is 4.74 Å². The highest BCUT2D eigenvalue weighted by atomic mass is 16.6. The van der Waals surface area contributed by atoms with Gasteiger partial charge < -0.3 is 20.1 Å². The van der Waals surface area contributed by atoms with Gasteiger partial charge in [-0.05, 0) is 25.7 Å². The maximum absolute atomic E-state index is 12.5. The largest absolute Gasteiger partial charge is 0.449 e. The van der Waals surface area contributed by atoms with Crippen LogP contribution in [0.3, 0.4) is 0 Å². The minimum atomic E-state index is -1.10. The molecule has 0 aromatic carbocycles. The highest BCUT2D eigenvalue weighted by molar-refractivity contribution is 5.67. The van der Waals surface area contributed by atoms with Crippen LogP contribution >= 0.6 is 0 Å². The highest BCUT2D eigenvalue weighted by Crippen LogP contribution is 2.16. The minimum absolute atomic E-state index is 0.137. The number of amides is 1. The first-order valence-electron chi connectivity index (χ1n) is 15.3. The molecule has 0 radical (unpaired) electrons. The Morgan fingerprint density at radius 1 is 0.667 bits per heavy atom. The summed E-state index contributed by atoms with van der Waals surface area (Å²) in [6.45, 7) is 8.13. The second-order valence-corrected chi connectivity index (χ2v) is 10.8. The highest BCUT2D eigenvalue weighted by Gasteiger charge is 2.27. The maximum atomic E-state index is 12.5. The molecule has 4 unspecified atom stereocenters. The van der Waals surface area contributed by atoms with E-state index < -0.39 is 24.5 Å². The first-order valence-corrected chi connectivity index (χ1v) is 15.3. The quantitative estimate of drug-likeness (QED) is 0.0861. The predicted molar refractivity (Wildman–Crippen MR) is 150 cm³/mol. The van der Waals surface area contributed by atoms with Crippen molar-refractivity contribution < 1.29 is 24.9 Å². The van der Waals surface area contributed by atoms with Crippen LogP contribution in [0.5, 0.6) is 0 Å². The van der Waals surface area contributed by atoms with Crippen molar-refractivity contribution in [3.63, 3.8) is 0 Å². The van der Waals surface area contributed by atoms with Crippen LogP contribution < -0.4 is 0 Å². The number of carbonyl (C=O) groups is 1. The zero-order chi connectivity index (χ0) is 27.0. The SMILES string of the molecule is CCCCCCCCCCCCCCCCC(O)C(O)CN(C(=O)OCC(CC)CCCC)C(C)O. The summed E-state index contributed by atoms with van der Waals surface area (Å²) in [4.78, 5) is 13.6. The lowest BCUT2D eigenvalue weighted by Crippen LogP contribution is -2.47. The van der Waals surface area contributed by atoms with Crippen LogP contribution in [0.1, 0.15) is 150 Å². The second-order valence-electron chi connectivity index (χ2n) is 10.8. The fraction of sp³-hybridized carbons (Fsp3) is 0.967. The minimum Gasteiger partial charge on any atom is -0.449 e. The molecule has 0 rings (SSSR count). The van der Waals surface area contributed by atoms with E-state index in [1.165, 1.54) is 77.6 Å².